The number of allylic oxidation sites excluding steroid dienone is 1. The van der Waals surface area contributed by atoms with E-state index in [1.807, 2.05) is 6.08 Å². The highest BCUT2D eigenvalue weighted by Gasteiger charge is 2.28. The minimum atomic E-state index is -0.844. The standard InChI is InChI=1S/C14H26O2/c1-5-7-10-14(4,16)12(3)13(8-6-2)9-11-15/h5,13,15-16H,1,3,6-11H2,2,4H3. The Balaban J connectivity index is 4.49. The minimum Gasteiger partial charge on any atom is -0.396 e. The van der Waals surface area contributed by atoms with Gasteiger partial charge in [0.15, 0.2) is 0 Å². The largest absolute Gasteiger partial charge is 0.396 e. The zero-order valence-corrected chi connectivity index (χ0v) is 10.7. The molecule has 16 heavy (non-hydrogen) atoms. The topological polar surface area (TPSA) is 40.5 Å². The van der Waals surface area contributed by atoms with Gasteiger partial charge >= 0.3 is 0 Å². The van der Waals surface area contributed by atoms with Gasteiger partial charge in [-0.1, -0.05) is 26.0 Å². The molecule has 0 aliphatic carbocycles. The van der Waals surface area contributed by atoms with Crippen LogP contribution in [0.5, 0.6) is 0 Å². The van der Waals surface area contributed by atoms with Crippen molar-refractivity contribution in [3.05, 3.63) is 24.8 Å². The molecule has 0 bridgehead atoms. The maximum absolute atomic E-state index is 10.3. The molecule has 2 unspecified atom stereocenters. The summed E-state index contributed by atoms with van der Waals surface area (Å²) in [5.74, 6) is 0.217. The molecule has 0 saturated carbocycles. The van der Waals surface area contributed by atoms with Crippen LogP contribution in [0.3, 0.4) is 0 Å². The van der Waals surface area contributed by atoms with Crippen LogP contribution < -0.4 is 0 Å². The first-order valence-corrected chi connectivity index (χ1v) is 6.13. The highest BCUT2D eigenvalue weighted by Crippen LogP contribution is 2.31. The van der Waals surface area contributed by atoms with Gasteiger partial charge < -0.3 is 10.2 Å². The van der Waals surface area contributed by atoms with E-state index >= 15 is 0 Å². The van der Waals surface area contributed by atoms with Gasteiger partial charge in [-0.15, -0.1) is 6.58 Å². The third-order valence-electron chi connectivity index (χ3n) is 3.13. The van der Waals surface area contributed by atoms with Gasteiger partial charge in [0.05, 0.1) is 5.60 Å². The fourth-order valence-corrected chi connectivity index (χ4v) is 1.98. The van der Waals surface area contributed by atoms with Crippen LogP contribution >= 0.6 is 0 Å². The molecule has 0 heterocycles. The lowest BCUT2D eigenvalue weighted by molar-refractivity contribution is 0.0752. The Kier molecular flexibility index (Phi) is 7.35. The maximum atomic E-state index is 10.3. The molecule has 0 saturated heterocycles. The second-order valence-corrected chi connectivity index (χ2v) is 4.62. The molecule has 94 valence electrons. The van der Waals surface area contributed by atoms with E-state index in [1.165, 1.54) is 0 Å². The van der Waals surface area contributed by atoms with Crippen LogP contribution in [0.2, 0.25) is 0 Å². The molecule has 0 rings (SSSR count). The van der Waals surface area contributed by atoms with Crippen LogP contribution in [0.4, 0.5) is 0 Å². The first kappa shape index (κ1) is 15.4. The highest BCUT2D eigenvalue weighted by molar-refractivity contribution is 5.14. The van der Waals surface area contributed by atoms with Crippen LogP contribution in [0.1, 0.15) is 46.0 Å². The lowest BCUT2D eigenvalue weighted by Gasteiger charge is -2.31. The van der Waals surface area contributed by atoms with Gasteiger partial charge in [0.2, 0.25) is 0 Å². The van der Waals surface area contributed by atoms with Gasteiger partial charge in [-0.05, 0) is 44.1 Å². The van der Waals surface area contributed by atoms with Gasteiger partial charge in [0.25, 0.3) is 0 Å². The first-order chi connectivity index (χ1) is 7.49. The monoisotopic (exact) mass is 226 g/mol. The molecule has 0 aromatic heterocycles. The summed E-state index contributed by atoms with van der Waals surface area (Å²) in [7, 11) is 0. The molecule has 0 amide bonds. The van der Waals surface area contributed by atoms with Gasteiger partial charge in [0, 0.05) is 6.61 Å². The normalized spacial score (nSPS) is 16.5. The van der Waals surface area contributed by atoms with E-state index in [0.717, 1.165) is 24.8 Å². The second-order valence-electron chi connectivity index (χ2n) is 4.62. The Morgan fingerprint density at radius 1 is 1.44 bits per heavy atom. The first-order valence-electron chi connectivity index (χ1n) is 6.13. The second kappa shape index (κ2) is 7.64. The van der Waals surface area contributed by atoms with Gasteiger partial charge in [0.1, 0.15) is 0 Å². The quantitative estimate of drug-likeness (QED) is 0.593. The molecule has 2 nitrogen and oxygen atoms in total. The molecule has 0 aromatic rings. The zero-order valence-electron chi connectivity index (χ0n) is 10.7. The van der Waals surface area contributed by atoms with Crippen LogP contribution in [0, 0.1) is 5.92 Å². The summed E-state index contributed by atoms with van der Waals surface area (Å²) in [6, 6.07) is 0. The van der Waals surface area contributed by atoms with E-state index in [0.29, 0.717) is 12.8 Å². The third kappa shape index (κ3) is 4.95. The van der Waals surface area contributed by atoms with Gasteiger partial charge in [-0.2, -0.15) is 0 Å². The number of hydrogen-bond acceptors (Lipinski definition) is 2. The summed E-state index contributed by atoms with van der Waals surface area (Å²) in [6.07, 6.45) is 5.95. The van der Waals surface area contributed by atoms with Crippen LogP contribution in [0.25, 0.3) is 0 Å². The van der Waals surface area contributed by atoms with E-state index in [9.17, 15) is 5.11 Å². The van der Waals surface area contributed by atoms with E-state index in [-0.39, 0.29) is 12.5 Å². The van der Waals surface area contributed by atoms with Crippen molar-refractivity contribution in [3.8, 4) is 0 Å². The molecule has 0 aliphatic rings. The lowest BCUT2D eigenvalue weighted by atomic mass is 9.80. The van der Waals surface area contributed by atoms with Crippen molar-refractivity contribution in [1.29, 1.82) is 0 Å². The molecule has 0 aliphatic heterocycles. The smallest absolute Gasteiger partial charge is 0.0831 e. The summed E-state index contributed by atoms with van der Waals surface area (Å²) in [6.45, 7) is 11.7. The van der Waals surface area contributed by atoms with Crippen LogP contribution in [0.15, 0.2) is 24.8 Å². The van der Waals surface area contributed by atoms with Gasteiger partial charge in [-0.25, -0.2) is 0 Å². The predicted molar refractivity (Wildman–Crippen MR) is 69.3 cm³/mol. The average molecular weight is 226 g/mol. The highest BCUT2D eigenvalue weighted by atomic mass is 16.3. The molecule has 0 aromatic carbocycles. The summed E-state index contributed by atoms with van der Waals surface area (Å²) in [5.41, 5.74) is 0.00803. The van der Waals surface area contributed by atoms with E-state index < -0.39 is 5.60 Å². The summed E-state index contributed by atoms with van der Waals surface area (Å²) < 4.78 is 0. The number of hydrogen-bond donors (Lipinski definition) is 2. The fraction of sp³-hybridized carbons (Fsp3) is 0.714. The van der Waals surface area contributed by atoms with E-state index in [1.54, 1.807) is 6.92 Å². The molecule has 2 atom stereocenters. The summed E-state index contributed by atoms with van der Waals surface area (Å²) in [4.78, 5) is 0. The van der Waals surface area contributed by atoms with Crippen LogP contribution in [-0.2, 0) is 0 Å². The SMILES string of the molecule is C=CCCC(C)(O)C(=C)C(CCC)CCO. The van der Waals surface area contributed by atoms with Crippen molar-refractivity contribution in [1.82, 2.24) is 0 Å². The summed E-state index contributed by atoms with van der Waals surface area (Å²) in [5, 5.41) is 19.3. The molecular formula is C14H26O2. The molecular weight excluding hydrogens is 200 g/mol. The number of aliphatic hydroxyl groups excluding tert-OH is 1. The molecule has 0 radical (unpaired) electrons. The molecule has 2 N–H and O–H groups in total. The Morgan fingerprint density at radius 2 is 2.06 bits per heavy atom. The van der Waals surface area contributed by atoms with Crippen molar-refractivity contribution < 1.29 is 10.2 Å². The Bertz CT molecular complexity index is 213. The maximum Gasteiger partial charge on any atom is 0.0831 e. The number of rotatable bonds is 9. The number of aliphatic hydroxyl groups is 2. The lowest BCUT2D eigenvalue weighted by Crippen LogP contribution is -2.31. The van der Waals surface area contributed by atoms with Crippen molar-refractivity contribution in [2.45, 2.75) is 51.6 Å². The molecule has 0 fully saturated rings. The fourth-order valence-electron chi connectivity index (χ4n) is 1.98. The van der Waals surface area contributed by atoms with Crippen molar-refractivity contribution in [2.24, 2.45) is 5.92 Å². The molecule has 2 heteroatoms. The average Bonchev–Trinajstić information content (AvgIpc) is 2.25. The zero-order chi connectivity index (χ0) is 12.6. The molecule has 0 spiro atoms. The van der Waals surface area contributed by atoms with Gasteiger partial charge in [-0.3, -0.25) is 0 Å². The Labute approximate surface area is 99.7 Å². The third-order valence-corrected chi connectivity index (χ3v) is 3.13. The Morgan fingerprint density at radius 3 is 2.50 bits per heavy atom. The predicted octanol–water partition coefficient (Wildman–Crippen LogP) is 3.06. The minimum absolute atomic E-state index is 0.154. The van der Waals surface area contributed by atoms with E-state index in [4.69, 9.17) is 5.11 Å². The van der Waals surface area contributed by atoms with Crippen LogP contribution in [-0.4, -0.2) is 22.4 Å². The van der Waals surface area contributed by atoms with Crippen molar-refractivity contribution in [2.75, 3.05) is 6.61 Å². The Hall–Kier alpha value is -0.600. The van der Waals surface area contributed by atoms with Crippen molar-refractivity contribution in [3.63, 3.8) is 0 Å². The van der Waals surface area contributed by atoms with E-state index in [2.05, 4.69) is 20.1 Å². The summed E-state index contributed by atoms with van der Waals surface area (Å²) >= 11 is 0. The van der Waals surface area contributed by atoms with Crippen molar-refractivity contribution >= 4 is 0 Å².